The van der Waals surface area contributed by atoms with Gasteiger partial charge in [-0.3, -0.25) is 4.79 Å². The van der Waals surface area contributed by atoms with Crippen LogP contribution in [0.3, 0.4) is 0 Å². The number of aromatic nitrogens is 1. The van der Waals surface area contributed by atoms with Crippen LogP contribution in [0.25, 0.3) is 0 Å². The van der Waals surface area contributed by atoms with E-state index in [-0.39, 0.29) is 18.3 Å². The minimum absolute atomic E-state index is 0.152. The molecule has 1 aromatic heterocycles. The Morgan fingerprint density at radius 1 is 1.43 bits per heavy atom. The van der Waals surface area contributed by atoms with Gasteiger partial charge in [0.15, 0.2) is 0 Å². The number of hydrogen-bond acceptors (Lipinski definition) is 5. The highest BCUT2D eigenvalue weighted by molar-refractivity contribution is 5.91. The average Bonchev–Trinajstić information content (AvgIpc) is 3.09. The Morgan fingerprint density at radius 3 is 3.00 bits per heavy atom. The first kappa shape index (κ1) is 15.7. The van der Waals surface area contributed by atoms with Crippen molar-refractivity contribution in [1.82, 2.24) is 10.1 Å². The van der Waals surface area contributed by atoms with Gasteiger partial charge in [0.1, 0.15) is 5.60 Å². The maximum absolute atomic E-state index is 12.4. The van der Waals surface area contributed by atoms with E-state index in [2.05, 4.69) is 11.2 Å². The molecular formula is C17H20N2O4. The molecule has 1 amide bonds. The number of ether oxygens (including phenoxy) is 1. The lowest BCUT2D eigenvalue weighted by Crippen LogP contribution is -2.56. The Labute approximate surface area is 134 Å². The maximum Gasteiger partial charge on any atom is 0.292 e. The summed E-state index contributed by atoms with van der Waals surface area (Å²) in [4.78, 5) is 14.1. The highest BCUT2D eigenvalue weighted by atomic mass is 16.5. The van der Waals surface area contributed by atoms with Crippen LogP contribution in [0.4, 0.5) is 0 Å². The van der Waals surface area contributed by atoms with E-state index in [4.69, 9.17) is 9.26 Å². The molecule has 1 aliphatic heterocycles. The van der Waals surface area contributed by atoms with Crippen LogP contribution in [-0.2, 0) is 11.2 Å². The predicted octanol–water partition coefficient (Wildman–Crippen LogP) is 1.43. The van der Waals surface area contributed by atoms with Gasteiger partial charge in [-0.15, -0.1) is 0 Å². The van der Waals surface area contributed by atoms with Crippen molar-refractivity contribution in [2.75, 3.05) is 26.3 Å². The van der Waals surface area contributed by atoms with Crippen LogP contribution in [-0.4, -0.2) is 53.0 Å². The van der Waals surface area contributed by atoms with Crippen LogP contribution in [0.15, 0.2) is 41.1 Å². The lowest BCUT2D eigenvalue weighted by Gasteiger charge is -2.41. The zero-order chi connectivity index (χ0) is 16.3. The summed E-state index contributed by atoms with van der Waals surface area (Å²) in [7, 11) is 0. The monoisotopic (exact) mass is 316 g/mol. The Hall–Kier alpha value is -2.18. The minimum atomic E-state index is -0.790. The van der Waals surface area contributed by atoms with Crippen LogP contribution in [0.1, 0.15) is 21.7 Å². The molecule has 6 heteroatoms. The second-order valence-electron chi connectivity index (χ2n) is 5.96. The van der Waals surface area contributed by atoms with Gasteiger partial charge in [0.25, 0.3) is 5.91 Å². The van der Waals surface area contributed by atoms with Gasteiger partial charge in [0.2, 0.25) is 5.76 Å². The molecule has 122 valence electrons. The van der Waals surface area contributed by atoms with E-state index < -0.39 is 5.60 Å². The summed E-state index contributed by atoms with van der Waals surface area (Å²) in [6.07, 6.45) is 1.99. The summed E-state index contributed by atoms with van der Waals surface area (Å²) in [6, 6.07) is 9.62. The summed E-state index contributed by atoms with van der Waals surface area (Å²) < 4.78 is 10.8. The molecule has 23 heavy (non-hydrogen) atoms. The van der Waals surface area contributed by atoms with Gasteiger partial charge >= 0.3 is 0 Å². The molecule has 1 aliphatic rings. The van der Waals surface area contributed by atoms with Crippen LogP contribution in [0, 0.1) is 6.92 Å². The van der Waals surface area contributed by atoms with Crippen molar-refractivity contribution >= 4 is 5.91 Å². The molecule has 2 heterocycles. The fourth-order valence-electron chi connectivity index (χ4n) is 2.95. The van der Waals surface area contributed by atoms with Gasteiger partial charge in [0.05, 0.1) is 26.0 Å². The quantitative estimate of drug-likeness (QED) is 0.923. The largest absolute Gasteiger partial charge is 0.393 e. The molecule has 6 nitrogen and oxygen atoms in total. The Morgan fingerprint density at radius 2 is 2.30 bits per heavy atom. The molecule has 1 saturated heterocycles. The second kappa shape index (κ2) is 6.52. The predicted molar refractivity (Wildman–Crippen MR) is 83.1 cm³/mol. The van der Waals surface area contributed by atoms with Crippen LogP contribution >= 0.6 is 0 Å². The maximum atomic E-state index is 12.4. The molecule has 1 atom stereocenters. The Kier molecular flexibility index (Phi) is 4.45. The molecular weight excluding hydrogens is 296 g/mol. The van der Waals surface area contributed by atoms with E-state index in [1.165, 1.54) is 6.20 Å². The zero-order valence-corrected chi connectivity index (χ0v) is 13.1. The Balaban J connectivity index is 1.77. The van der Waals surface area contributed by atoms with Gasteiger partial charge in [-0.1, -0.05) is 35.0 Å². The lowest BCUT2D eigenvalue weighted by atomic mass is 9.92. The first-order valence-electron chi connectivity index (χ1n) is 7.62. The number of amides is 1. The molecule has 0 saturated carbocycles. The van der Waals surface area contributed by atoms with Gasteiger partial charge in [0, 0.05) is 19.0 Å². The highest BCUT2D eigenvalue weighted by Crippen LogP contribution is 2.24. The number of benzene rings is 1. The van der Waals surface area contributed by atoms with Crippen molar-refractivity contribution in [3.05, 3.63) is 53.4 Å². The van der Waals surface area contributed by atoms with Crippen LogP contribution in [0.5, 0.6) is 0 Å². The summed E-state index contributed by atoms with van der Waals surface area (Å²) in [5.74, 6) is -0.0258. The highest BCUT2D eigenvalue weighted by Gasteiger charge is 2.39. The van der Waals surface area contributed by atoms with E-state index in [0.29, 0.717) is 26.1 Å². The first-order chi connectivity index (χ1) is 11.1. The molecule has 0 bridgehead atoms. The van der Waals surface area contributed by atoms with Gasteiger partial charge < -0.3 is 19.3 Å². The molecule has 1 N–H and O–H groups in total. The molecule has 0 aliphatic carbocycles. The summed E-state index contributed by atoms with van der Waals surface area (Å²) in [5.41, 5.74) is 1.44. The summed E-state index contributed by atoms with van der Waals surface area (Å²) in [5, 5.41) is 13.5. The van der Waals surface area contributed by atoms with Crippen molar-refractivity contribution in [3.8, 4) is 0 Å². The summed E-state index contributed by atoms with van der Waals surface area (Å²) in [6.45, 7) is 3.04. The fraction of sp³-hybridized carbons (Fsp3) is 0.412. The number of rotatable bonds is 4. The number of carbonyl (C=O) groups excluding carboxylic acids is 1. The Bertz CT molecular complexity index is 671. The van der Waals surface area contributed by atoms with Crippen molar-refractivity contribution in [3.63, 3.8) is 0 Å². The number of aliphatic hydroxyl groups excluding tert-OH is 1. The number of hydrogen-bond donors (Lipinski definition) is 1. The second-order valence-corrected chi connectivity index (χ2v) is 5.96. The normalized spacial score (nSPS) is 21.4. The molecule has 0 spiro atoms. The molecule has 1 unspecified atom stereocenters. The molecule has 1 aromatic carbocycles. The van der Waals surface area contributed by atoms with Crippen LogP contribution in [0.2, 0.25) is 0 Å². The van der Waals surface area contributed by atoms with E-state index in [9.17, 15) is 9.90 Å². The number of nitrogens with zero attached hydrogens (tertiary/aromatic N) is 2. The van der Waals surface area contributed by atoms with E-state index in [1.54, 1.807) is 11.0 Å². The first-order valence-corrected chi connectivity index (χ1v) is 7.62. The average molecular weight is 316 g/mol. The number of aryl methyl sites for hydroxylation is 1. The smallest absolute Gasteiger partial charge is 0.292 e. The molecule has 3 rings (SSSR count). The third kappa shape index (κ3) is 3.43. The van der Waals surface area contributed by atoms with Crippen molar-refractivity contribution < 1.29 is 19.2 Å². The standard InChI is InChI=1S/C17H20N2O4/c1-13-3-2-4-14(9-13)10-17(12-20)11-19(7-8-22-17)16(21)15-5-6-18-23-15/h2-6,9,20H,7-8,10-12H2,1H3. The van der Waals surface area contributed by atoms with Crippen molar-refractivity contribution in [2.24, 2.45) is 0 Å². The topological polar surface area (TPSA) is 75.8 Å². The minimum Gasteiger partial charge on any atom is -0.393 e. The molecule has 0 radical (unpaired) electrons. The van der Waals surface area contributed by atoms with E-state index in [0.717, 1.165) is 11.1 Å². The third-order valence-corrected chi connectivity index (χ3v) is 4.08. The molecule has 1 fully saturated rings. The third-order valence-electron chi connectivity index (χ3n) is 4.08. The zero-order valence-electron chi connectivity index (χ0n) is 13.1. The molecule has 2 aromatic rings. The van der Waals surface area contributed by atoms with E-state index >= 15 is 0 Å². The SMILES string of the molecule is Cc1cccc(CC2(CO)CN(C(=O)c3ccno3)CCO2)c1. The van der Waals surface area contributed by atoms with Gasteiger partial charge in [-0.2, -0.15) is 0 Å². The lowest BCUT2D eigenvalue weighted by molar-refractivity contribution is -0.124. The van der Waals surface area contributed by atoms with E-state index in [1.807, 2.05) is 25.1 Å². The summed E-state index contributed by atoms with van der Waals surface area (Å²) >= 11 is 0. The fourth-order valence-corrected chi connectivity index (χ4v) is 2.95. The van der Waals surface area contributed by atoms with Crippen molar-refractivity contribution in [2.45, 2.75) is 18.9 Å². The van der Waals surface area contributed by atoms with Gasteiger partial charge in [-0.25, -0.2) is 0 Å². The van der Waals surface area contributed by atoms with Crippen molar-refractivity contribution in [1.29, 1.82) is 0 Å². The number of aliphatic hydroxyl groups is 1. The number of morpholine rings is 1. The van der Waals surface area contributed by atoms with Crippen LogP contribution < -0.4 is 0 Å². The number of carbonyl (C=O) groups is 1. The van der Waals surface area contributed by atoms with Gasteiger partial charge in [-0.05, 0) is 12.5 Å².